The van der Waals surface area contributed by atoms with E-state index >= 15 is 0 Å². The molecule has 0 spiro atoms. The first-order valence-corrected chi connectivity index (χ1v) is 13.4. The van der Waals surface area contributed by atoms with E-state index in [1.165, 1.54) is 11.3 Å². The zero-order valence-corrected chi connectivity index (χ0v) is 21.1. The zero-order valence-electron chi connectivity index (χ0n) is 19.5. The first-order chi connectivity index (χ1) is 17.7. The number of thiazole rings is 2. The highest BCUT2D eigenvalue weighted by atomic mass is 32.1. The van der Waals surface area contributed by atoms with Crippen LogP contribution in [-0.4, -0.2) is 49.0 Å². The molecule has 1 fully saturated rings. The minimum absolute atomic E-state index is 0.0349. The van der Waals surface area contributed by atoms with E-state index in [1.807, 2.05) is 42.2 Å². The van der Waals surface area contributed by atoms with Gasteiger partial charge in [-0.1, -0.05) is 35.5 Å². The van der Waals surface area contributed by atoms with Gasteiger partial charge in [-0.3, -0.25) is 14.8 Å². The van der Waals surface area contributed by atoms with Gasteiger partial charge < -0.3 is 9.42 Å². The van der Waals surface area contributed by atoms with E-state index in [2.05, 4.69) is 25.5 Å². The molecule has 180 valence electrons. The number of likely N-dealkylation sites (tertiary alicyclic amines) is 1. The molecule has 1 aliphatic rings. The lowest BCUT2D eigenvalue weighted by Crippen LogP contribution is -2.38. The van der Waals surface area contributed by atoms with Crippen LogP contribution in [0.4, 0.5) is 0 Å². The molecule has 8 nitrogen and oxygen atoms in total. The summed E-state index contributed by atoms with van der Waals surface area (Å²) in [5, 5.41) is 9.98. The minimum atomic E-state index is -0.0349. The lowest BCUT2D eigenvalue weighted by molar-refractivity contribution is 0.0708. The first-order valence-electron chi connectivity index (χ1n) is 11.7. The Morgan fingerprint density at radius 2 is 1.86 bits per heavy atom. The van der Waals surface area contributed by atoms with E-state index in [-0.39, 0.29) is 5.91 Å². The predicted octanol–water partition coefficient (Wildman–Crippen LogP) is 5.71. The average Bonchev–Trinajstić information content (AvgIpc) is 3.69. The van der Waals surface area contributed by atoms with Crippen molar-refractivity contribution in [2.75, 3.05) is 13.1 Å². The van der Waals surface area contributed by atoms with E-state index in [0.29, 0.717) is 35.4 Å². The minimum Gasteiger partial charge on any atom is -0.360 e. The van der Waals surface area contributed by atoms with Crippen LogP contribution < -0.4 is 0 Å². The van der Waals surface area contributed by atoms with Gasteiger partial charge in [-0.2, -0.15) is 0 Å². The van der Waals surface area contributed by atoms with Gasteiger partial charge in [0.15, 0.2) is 0 Å². The van der Waals surface area contributed by atoms with Crippen LogP contribution in [0.3, 0.4) is 0 Å². The molecule has 1 aliphatic heterocycles. The van der Waals surface area contributed by atoms with E-state index in [0.717, 1.165) is 46.1 Å². The molecular formula is C26H22N6O2S2. The zero-order chi connectivity index (χ0) is 24.5. The van der Waals surface area contributed by atoms with E-state index in [1.54, 1.807) is 35.3 Å². The Hall–Kier alpha value is -3.76. The van der Waals surface area contributed by atoms with Crippen molar-refractivity contribution in [3.8, 4) is 33.2 Å². The molecule has 0 atom stereocenters. The number of aromatic nitrogens is 5. The predicted molar refractivity (Wildman–Crippen MR) is 139 cm³/mol. The van der Waals surface area contributed by atoms with E-state index in [4.69, 9.17) is 9.51 Å². The summed E-state index contributed by atoms with van der Waals surface area (Å²) < 4.78 is 5.53. The molecule has 4 aromatic heterocycles. The SMILES string of the molecule is Cc1onc(-c2ccccc2)c1-c1csc(C2CCN(C(=O)c3csc(-c4cnccn4)n3)CC2)n1. The van der Waals surface area contributed by atoms with Crippen molar-refractivity contribution in [3.63, 3.8) is 0 Å². The van der Waals surface area contributed by atoms with Crippen LogP contribution in [-0.2, 0) is 0 Å². The maximum Gasteiger partial charge on any atom is 0.273 e. The molecule has 0 unspecified atom stereocenters. The van der Waals surface area contributed by atoms with Gasteiger partial charge in [0.2, 0.25) is 0 Å². The largest absolute Gasteiger partial charge is 0.360 e. The summed E-state index contributed by atoms with van der Waals surface area (Å²) in [5.41, 5.74) is 4.80. The number of amides is 1. The molecule has 36 heavy (non-hydrogen) atoms. The van der Waals surface area contributed by atoms with E-state index < -0.39 is 0 Å². The third kappa shape index (κ3) is 4.33. The topological polar surface area (TPSA) is 97.9 Å². The van der Waals surface area contributed by atoms with Crippen molar-refractivity contribution >= 4 is 28.6 Å². The van der Waals surface area contributed by atoms with Crippen LogP contribution in [0.25, 0.3) is 33.2 Å². The van der Waals surface area contributed by atoms with Crippen molar-refractivity contribution in [1.82, 2.24) is 30.0 Å². The van der Waals surface area contributed by atoms with Crippen LogP contribution >= 0.6 is 22.7 Å². The van der Waals surface area contributed by atoms with Gasteiger partial charge in [0, 0.05) is 47.7 Å². The fourth-order valence-electron chi connectivity index (χ4n) is 4.45. The molecule has 6 rings (SSSR count). The van der Waals surface area contributed by atoms with Crippen molar-refractivity contribution in [2.45, 2.75) is 25.7 Å². The Morgan fingerprint density at radius 3 is 2.64 bits per heavy atom. The number of carbonyl (C=O) groups is 1. The molecule has 0 aliphatic carbocycles. The monoisotopic (exact) mass is 514 g/mol. The van der Waals surface area contributed by atoms with E-state index in [9.17, 15) is 4.79 Å². The number of piperidine rings is 1. The lowest BCUT2D eigenvalue weighted by Gasteiger charge is -2.30. The van der Waals surface area contributed by atoms with Crippen LogP contribution in [0.5, 0.6) is 0 Å². The Morgan fingerprint density at radius 1 is 1.03 bits per heavy atom. The molecule has 10 heteroatoms. The van der Waals surface area contributed by atoms with Crippen molar-refractivity contribution in [1.29, 1.82) is 0 Å². The highest BCUT2D eigenvalue weighted by Crippen LogP contribution is 2.38. The summed E-state index contributed by atoms with van der Waals surface area (Å²) in [6.07, 6.45) is 6.64. The number of hydrogen-bond acceptors (Lipinski definition) is 9. The summed E-state index contributed by atoms with van der Waals surface area (Å²) in [5.74, 6) is 1.04. The number of hydrogen-bond donors (Lipinski definition) is 0. The highest BCUT2D eigenvalue weighted by molar-refractivity contribution is 7.13. The molecule has 5 aromatic rings. The van der Waals surface area contributed by atoms with Crippen LogP contribution in [0.15, 0.2) is 64.2 Å². The summed E-state index contributed by atoms with van der Waals surface area (Å²) >= 11 is 3.08. The third-order valence-electron chi connectivity index (χ3n) is 6.33. The summed E-state index contributed by atoms with van der Waals surface area (Å²) in [6.45, 7) is 3.28. The Labute approximate surface area is 215 Å². The highest BCUT2D eigenvalue weighted by Gasteiger charge is 2.28. The van der Waals surface area contributed by atoms with Crippen LogP contribution in [0.1, 0.15) is 40.0 Å². The number of aryl methyl sites for hydroxylation is 1. The molecule has 5 heterocycles. The third-order valence-corrected chi connectivity index (χ3v) is 8.20. The Balaban J connectivity index is 1.14. The average molecular weight is 515 g/mol. The van der Waals surface area contributed by atoms with Gasteiger partial charge in [-0.05, 0) is 19.8 Å². The smallest absolute Gasteiger partial charge is 0.273 e. The maximum absolute atomic E-state index is 13.1. The first kappa shape index (κ1) is 22.7. The van der Waals surface area contributed by atoms with Crippen LogP contribution in [0, 0.1) is 6.92 Å². The second-order valence-electron chi connectivity index (χ2n) is 8.59. The second kappa shape index (κ2) is 9.71. The van der Waals surface area contributed by atoms with Crippen LogP contribution in [0.2, 0.25) is 0 Å². The Bertz CT molecular complexity index is 1490. The molecule has 0 saturated carbocycles. The molecule has 0 radical (unpaired) electrons. The number of rotatable bonds is 5. The number of carbonyl (C=O) groups excluding carboxylic acids is 1. The lowest BCUT2D eigenvalue weighted by atomic mass is 9.97. The normalized spacial score (nSPS) is 14.3. The van der Waals surface area contributed by atoms with Gasteiger partial charge >= 0.3 is 0 Å². The van der Waals surface area contributed by atoms with Gasteiger partial charge in [0.05, 0.1) is 22.5 Å². The molecule has 1 saturated heterocycles. The maximum atomic E-state index is 13.1. The van der Waals surface area contributed by atoms with Crippen molar-refractivity contribution in [3.05, 3.63) is 76.1 Å². The molecule has 1 aromatic carbocycles. The van der Waals surface area contributed by atoms with Gasteiger partial charge in [-0.25, -0.2) is 9.97 Å². The number of nitrogens with zero attached hydrogens (tertiary/aromatic N) is 6. The number of benzene rings is 1. The quantitative estimate of drug-likeness (QED) is 0.296. The fourth-order valence-corrected chi connectivity index (χ4v) is 6.18. The second-order valence-corrected chi connectivity index (χ2v) is 10.3. The summed E-state index contributed by atoms with van der Waals surface area (Å²) in [7, 11) is 0. The fraction of sp³-hybridized carbons (Fsp3) is 0.231. The van der Waals surface area contributed by atoms with Gasteiger partial charge in [0.25, 0.3) is 5.91 Å². The molecule has 0 N–H and O–H groups in total. The van der Waals surface area contributed by atoms with Crippen molar-refractivity contribution < 1.29 is 9.32 Å². The van der Waals surface area contributed by atoms with Crippen molar-refractivity contribution in [2.24, 2.45) is 0 Å². The summed E-state index contributed by atoms with van der Waals surface area (Å²) in [6, 6.07) is 10.0. The standard InChI is InChI=1S/C26H22N6O2S2/c1-16-22(23(31-34-16)17-5-3-2-4-6-17)20-14-35-24(29-20)18-7-11-32(12-8-18)26(33)21-15-36-25(30-21)19-13-27-9-10-28-19/h2-6,9-10,13-15,18H,7-8,11-12H2,1H3. The van der Waals surface area contributed by atoms with Gasteiger partial charge in [0.1, 0.15) is 27.8 Å². The molecule has 1 amide bonds. The summed E-state index contributed by atoms with van der Waals surface area (Å²) in [4.78, 5) is 32.8. The molecular weight excluding hydrogens is 492 g/mol. The molecule has 0 bridgehead atoms. The van der Waals surface area contributed by atoms with Gasteiger partial charge in [-0.15, -0.1) is 22.7 Å². The Kier molecular flexibility index (Phi) is 6.12.